The van der Waals surface area contributed by atoms with E-state index in [1.165, 1.54) is 38.3 Å². The van der Waals surface area contributed by atoms with Gasteiger partial charge in [0.25, 0.3) is 10.0 Å². The molecule has 8 heteroatoms. The number of benzene rings is 2. The highest BCUT2D eigenvalue weighted by molar-refractivity contribution is 7.92. The number of methoxy groups -OCH3 is 1. The zero-order chi connectivity index (χ0) is 17.9. The summed E-state index contributed by atoms with van der Waals surface area (Å²) in [6.45, 7) is 3.15. The number of anilines is 2. The largest absolute Gasteiger partial charge is 0.495 e. The first-order chi connectivity index (χ1) is 11.2. The number of hydrogen-bond acceptors (Lipinski definition) is 4. The van der Waals surface area contributed by atoms with Crippen molar-refractivity contribution in [2.24, 2.45) is 0 Å². The van der Waals surface area contributed by atoms with Gasteiger partial charge in [0.2, 0.25) is 5.91 Å². The molecule has 0 saturated carbocycles. The minimum atomic E-state index is -3.84. The van der Waals surface area contributed by atoms with E-state index in [-0.39, 0.29) is 16.5 Å². The summed E-state index contributed by atoms with van der Waals surface area (Å²) in [6, 6.07) is 9.07. The second kappa shape index (κ2) is 7.11. The van der Waals surface area contributed by atoms with Gasteiger partial charge in [-0.2, -0.15) is 0 Å². The van der Waals surface area contributed by atoms with Gasteiger partial charge in [-0.15, -0.1) is 0 Å². The maximum atomic E-state index is 12.5. The SMILES string of the molecule is COc1ccc(S(=O)(=O)Nc2ccc(C)c(Cl)c2)cc1NC(C)=O. The number of amides is 1. The number of carbonyl (C=O) groups is 1. The number of aryl methyl sites for hydroxylation is 1. The summed E-state index contributed by atoms with van der Waals surface area (Å²) in [5.74, 6) is 0.0312. The van der Waals surface area contributed by atoms with Crippen LogP contribution >= 0.6 is 11.6 Å². The molecule has 0 aliphatic rings. The molecule has 0 unspecified atom stereocenters. The van der Waals surface area contributed by atoms with Crippen LogP contribution in [0.3, 0.4) is 0 Å². The number of halogens is 1. The summed E-state index contributed by atoms with van der Waals surface area (Å²) in [4.78, 5) is 11.2. The van der Waals surface area contributed by atoms with Crippen LogP contribution in [0.5, 0.6) is 5.75 Å². The first kappa shape index (κ1) is 18.1. The van der Waals surface area contributed by atoms with E-state index in [0.29, 0.717) is 16.5 Å². The van der Waals surface area contributed by atoms with Gasteiger partial charge in [-0.05, 0) is 42.8 Å². The van der Waals surface area contributed by atoms with Gasteiger partial charge in [0.05, 0.1) is 23.4 Å². The molecular weight excluding hydrogens is 352 g/mol. The van der Waals surface area contributed by atoms with E-state index in [1.807, 2.05) is 6.92 Å². The Morgan fingerprint density at radius 1 is 1.17 bits per heavy atom. The average molecular weight is 369 g/mol. The fourth-order valence-corrected chi connectivity index (χ4v) is 3.27. The highest BCUT2D eigenvalue weighted by Crippen LogP contribution is 2.29. The number of nitrogens with one attached hydrogen (secondary N) is 2. The zero-order valence-electron chi connectivity index (χ0n) is 13.4. The minimum Gasteiger partial charge on any atom is -0.495 e. The zero-order valence-corrected chi connectivity index (χ0v) is 15.0. The molecule has 128 valence electrons. The molecule has 0 aliphatic carbocycles. The second-order valence-corrected chi connectivity index (χ2v) is 7.20. The maximum absolute atomic E-state index is 12.5. The molecule has 0 heterocycles. The predicted octanol–water partition coefficient (Wildman–Crippen LogP) is 3.42. The highest BCUT2D eigenvalue weighted by Gasteiger charge is 2.17. The first-order valence-electron chi connectivity index (χ1n) is 6.97. The number of sulfonamides is 1. The van der Waals surface area contributed by atoms with E-state index in [9.17, 15) is 13.2 Å². The topological polar surface area (TPSA) is 84.5 Å². The van der Waals surface area contributed by atoms with Gasteiger partial charge in [0, 0.05) is 11.9 Å². The first-order valence-corrected chi connectivity index (χ1v) is 8.83. The summed E-state index contributed by atoms with van der Waals surface area (Å²) < 4.78 is 32.6. The van der Waals surface area contributed by atoms with Crippen LogP contribution in [0.25, 0.3) is 0 Å². The lowest BCUT2D eigenvalue weighted by molar-refractivity contribution is -0.114. The van der Waals surface area contributed by atoms with E-state index in [4.69, 9.17) is 16.3 Å². The van der Waals surface area contributed by atoms with E-state index in [0.717, 1.165) is 5.56 Å². The monoisotopic (exact) mass is 368 g/mol. The standard InChI is InChI=1S/C16H17ClN2O4S/c1-10-4-5-12(8-14(10)17)19-24(21,22)13-6-7-16(23-3)15(9-13)18-11(2)20/h4-9,19H,1-3H3,(H,18,20). The van der Waals surface area contributed by atoms with Crippen molar-refractivity contribution in [2.75, 3.05) is 17.1 Å². The highest BCUT2D eigenvalue weighted by atomic mass is 35.5. The molecule has 0 aliphatic heterocycles. The van der Waals surface area contributed by atoms with Crippen molar-refractivity contribution in [3.63, 3.8) is 0 Å². The molecule has 0 spiro atoms. The van der Waals surface area contributed by atoms with Crippen LogP contribution in [0.1, 0.15) is 12.5 Å². The summed E-state index contributed by atoms with van der Waals surface area (Å²) in [5.41, 5.74) is 1.47. The Balaban J connectivity index is 2.37. The van der Waals surface area contributed by atoms with Gasteiger partial charge in [0.15, 0.2) is 0 Å². The molecule has 24 heavy (non-hydrogen) atoms. The van der Waals surface area contributed by atoms with Crippen LogP contribution in [0.2, 0.25) is 5.02 Å². The molecule has 0 bridgehead atoms. The van der Waals surface area contributed by atoms with Gasteiger partial charge < -0.3 is 10.1 Å². The normalized spacial score (nSPS) is 11.0. The van der Waals surface area contributed by atoms with E-state index in [2.05, 4.69) is 10.0 Å². The summed E-state index contributed by atoms with van der Waals surface area (Å²) in [7, 11) is -2.41. The van der Waals surface area contributed by atoms with Crippen LogP contribution in [-0.4, -0.2) is 21.4 Å². The van der Waals surface area contributed by atoms with Crippen molar-refractivity contribution in [3.8, 4) is 5.75 Å². The lowest BCUT2D eigenvalue weighted by Crippen LogP contribution is -2.14. The number of ether oxygens (including phenoxy) is 1. The smallest absolute Gasteiger partial charge is 0.261 e. The third-order valence-electron chi connectivity index (χ3n) is 3.22. The van der Waals surface area contributed by atoms with Crippen molar-refractivity contribution < 1.29 is 17.9 Å². The summed E-state index contributed by atoms with van der Waals surface area (Å²) in [6.07, 6.45) is 0. The third-order valence-corrected chi connectivity index (χ3v) is 5.00. The van der Waals surface area contributed by atoms with Gasteiger partial charge in [-0.3, -0.25) is 9.52 Å². The van der Waals surface area contributed by atoms with Crippen LogP contribution in [0, 0.1) is 6.92 Å². The molecule has 2 aromatic rings. The lowest BCUT2D eigenvalue weighted by Gasteiger charge is -2.13. The Morgan fingerprint density at radius 2 is 1.88 bits per heavy atom. The molecule has 0 fully saturated rings. The van der Waals surface area contributed by atoms with Crippen LogP contribution in [0.15, 0.2) is 41.3 Å². The molecular formula is C16H17ClN2O4S. The summed E-state index contributed by atoms with van der Waals surface area (Å²) in [5, 5.41) is 3.00. The number of carbonyl (C=O) groups excluding carboxylic acids is 1. The number of hydrogen-bond donors (Lipinski definition) is 2. The Bertz CT molecular complexity index is 882. The quantitative estimate of drug-likeness (QED) is 0.846. The molecule has 2 aromatic carbocycles. The van der Waals surface area contributed by atoms with E-state index < -0.39 is 10.0 Å². The average Bonchev–Trinajstić information content (AvgIpc) is 2.50. The van der Waals surface area contributed by atoms with E-state index >= 15 is 0 Å². The van der Waals surface area contributed by atoms with Crippen LogP contribution < -0.4 is 14.8 Å². The molecule has 2 N–H and O–H groups in total. The third kappa shape index (κ3) is 4.18. The Morgan fingerprint density at radius 3 is 2.46 bits per heavy atom. The van der Waals surface area contributed by atoms with Gasteiger partial charge in [-0.1, -0.05) is 17.7 Å². The predicted molar refractivity (Wildman–Crippen MR) is 94.3 cm³/mol. The fourth-order valence-electron chi connectivity index (χ4n) is 2.01. The Kier molecular flexibility index (Phi) is 5.36. The molecule has 0 aromatic heterocycles. The van der Waals surface area contributed by atoms with Gasteiger partial charge in [-0.25, -0.2) is 8.42 Å². The molecule has 0 saturated heterocycles. The van der Waals surface area contributed by atoms with Crippen LogP contribution in [-0.2, 0) is 14.8 Å². The van der Waals surface area contributed by atoms with Crippen molar-refractivity contribution in [1.82, 2.24) is 0 Å². The van der Waals surface area contributed by atoms with Gasteiger partial charge >= 0.3 is 0 Å². The Hall–Kier alpha value is -2.25. The molecule has 2 rings (SSSR count). The van der Waals surface area contributed by atoms with Crippen LogP contribution in [0.4, 0.5) is 11.4 Å². The van der Waals surface area contributed by atoms with Gasteiger partial charge in [0.1, 0.15) is 5.75 Å². The molecule has 0 radical (unpaired) electrons. The summed E-state index contributed by atoms with van der Waals surface area (Å²) >= 11 is 6.01. The van der Waals surface area contributed by atoms with Crippen molar-refractivity contribution in [3.05, 3.63) is 47.0 Å². The minimum absolute atomic E-state index is 0.0104. The fraction of sp³-hybridized carbons (Fsp3) is 0.188. The van der Waals surface area contributed by atoms with Crippen molar-refractivity contribution >= 4 is 38.9 Å². The second-order valence-electron chi connectivity index (χ2n) is 5.11. The molecule has 0 atom stereocenters. The Labute approximate surface area is 145 Å². The number of rotatable bonds is 5. The molecule has 1 amide bonds. The molecule has 6 nitrogen and oxygen atoms in total. The maximum Gasteiger partial charge on any atom is 0.261 e. The lowest BCUT2D eigenvalue weighted by atomic mass is 10.2. The van der Waals surface area contributed by atoms with E-state index in [1.54, 1.807) is 12.1 Å². The van der Waals surface area contributed by atoms with Crippen molar-refractivity contribution in [2.45, 2.75) is 18.7 Å². The van der Waals surface area contributed by atoms with Crippen molar-refractivity contribution in [1.29, 1.82) is 0 Å².